The Labute approximate surface area is 110 Å². The zero-order chi connectivity index (χ0) is 12.5. The summed E-state index contributed by atoms with van der Waals surface area (Å²) in [6.45, 7) is 4.45. The average molecular weight is 236 g/mol. The Balaban J connectivity index is 2.09. The van der Waals surface area contributed by atoms with Gasteiger partial charge in [-0.2, -0.15) is 0 Å². The molecule has 0 amide bonds. The van der Waals surface area contributed by atoms with Crippen LogP contribution in [0.1, 0.15) is 46.6 Å². The van der Waals surface area contributed by atoms with E-state index in [0.29, 0.717) is 5.92 Å². The molecule has 1 atom stereocenters. The van der Waals surface area contributed by atoms with Crippen molar-refractivity contribution in [1.29, 1.82) is 0 Å². The molecular formula is C18H20. The molecule has 0 heteroatoms. The molecule has 0 fully saturated rings. The van der Waals surface area contributed by atoms with Gasteiger partial charge < -0.3 is 0 Å². The van der Waals surface area contributed by atoms with Gasteiger partial charge in [0.2, 0.25) is 0 Å². The molecule has 0 aromatic heterocycles. The fourth-order valence-corrected chi connectivity index (χ4v) is 3.12. The largest absolute Gasteiger partial charge is 0.0622 e. The maximum absolute atomic E-state index is 2.42. The molecule has 2 aromatic carbocycles. The van der Waals surface area contributed by atoms with Crippen LogP contribution >= 0.6 is 0 Å². The Hall–Kier alpha value is -1.56. The zero-order valence-electron chi connectivity index (χ0n) is 11.2. The summed E-state index contributed by atoms with van der Waals surface area (Å²) in [5, 5.41) is 0. The third kappa shape index (κ3) is 1.96. The smallest absolute Gasteiger partial charge is 0.00922 e. The van der Waals surface area contributed by atoms with Crippen molar-refractivity contribution in [3.8, 4) is 0 Å². The number of benzene rings is 2. The maximum Gasteiger partial charge on any atom is 0.00922 e. The Morgan fingerprint density at radius 1 is 0.944 bits per heavy atom. The first-order valence-electron chi connectivity index (χ1n) is 6.90. The lowest BCUT2D eigenvalue weighted by Gasteiger charge is -2.27. The summed E-state index contributed by atoms with van der Waals surface area (Å²) >= 11 is 0. The van der Waals surface area contributed by atoms with Crippen LogP contribution in [0.5, 0.6) is 0 Å². The minimum Gasteiger partial charge on any atom is -0.0622 e. The lowest BCUT2D eigenvalue weighted by molar-refractivity contribution is 0.615. The van der Waals surface area contributed by atoms with Crippen molar-refractivity contribution in [2.45, 2.75) is 39.0 Å². The topological polar surface area (TPSA) is 0 Å². The minimum atomic E-state index is 0.606. The van der Waals surface area contributed by atoms with E-state index in [9.17, 15) is 0 Å². The summed E-state index contributed by atoms with van der Waals surface area (Å²) in [5.41, 5.74) is 7.47. The van der Waals surface area contributed by atoms with Crippen LogP contribution in [0.25, 0.3) is 0 Å². The Bertz CT molecular complexity index is 552. The van der Waals surface area contributed by atoms with Gasteiger partial charge in [-0.05, 0) is 60.9 Å². The molecule has 3 rings (SSSR count). The molecule has 0 aliphatic heterocycles. The van der Waals surface area contributed by atoms with Gasteiger partial charge in [0.1, 0.15) is 0 Å². The number of hydrogen-bond acceptors (Lipinski definition) is 0. The van der Waals surface area contributed by atoms with Gasteiger partial charge in [-0.15, -0.1) is 0 Å². The third-order valence-corrected chi connectivity index (χ3v) is 4.27. The molecule has 1 aliphatic rings. The highest BCUT2D eigenvalue weighted by Gasteiger charge is 2.22. The van der Waals surface area contributed by atoms with Gasteiger partial charge in [0.15, 0.2) is 0 Å². The van der Waals surface area contributed by atoms with Crippen molar-refractivity contribution < 1.29 is 0 Å². The molecule has 1 aliphatic carbocycles. The van der Waals surface area contributed by atoms with E-state index in [0.717, 1.165) is 0 Å². The molecule has 0 radical (unpaired) electrons. The van der Waals surface area contributed by atoms with E-state index in [-0.39, 0.29) is 0 Å². The van der Waals surface area contributed by atoms with Crippen LogP contribution in [0.4, 0.5) is 0 Å². The molecule has 1 unspecified atom stereocenters. The summed E-state index contributed by atoms with van der Waals surface area (Å²) in [6, 6.07) is 15.8. The second-order valence-corrected chi connectivity index (χ2v) is 5.49. The Kier molecular flexibility index (Phi) is 2.95. The average Bonchev–Trinajstić information content (AvgIpc) is 2.40. The van der Waals surface area contributed by atoms with Gasteiger partial charge in [0, 0.05) is 5.92 Å². The van der Waals surface area contributed by atoms with E-state index in [2.05, 4.69) is 56.3 Å². The lowest BCUT2D eigenvalue weighted by atomic mass is 9.78. The Morgan fingerprint density at radius 2 is 1.67 bits per heavy atom. The van der Waals surface area contributed by atoms with Crippen molar-refractivity contribution in [3.05, 3.63) is 70.3 Å². The van der Waals surface area contributed by atoms with Gasteiger partial charge in [-0.25, -0.2) is 0 Å². The van der Waals surface area contributed by atoms with Gasteiger partial charge in [-0.3, -0.25) is 0 Å². The fraction of sp³-hybridized carbons (Fsp3) is 0.333. The van der Waals surface area contributed by atoms with Crippen LogP contribution < -0.4 is 0 Å². The van der Waals surface area contributed by atoms with Crippen molar-refractivity contribution in [3.63, 3.8) is 0 Å². The van der Waals surface area contributed by atoms with E-state index in [1.54, 1.807) is 11.1 Å². The maximum atomic E-state index is 2.42. The van der Waals surface area contributed by atoms with Crippen LogP contribution in [0, 0.1) is 13.8 Å². The fourth-order valence-electron chi connectivity index (χ4n) is 3.12. The molecule has 0 saturated heterocycles. The molecule has 0 bridgehead atoms. The van der Waals surface area contributed by atoms with Gasteiger partial charge >= 0.3 is 0 Å². The van der Waals surface area contributed by atoms with Crippen LogP contribution in [0.3, 0.4) is 0 Å². The molecule has 92 valence electrons. The highest BCUT2D eigenvalue weighted by molar-refractivity contribution is 5.44. The van der Waals surface area contributed by atoms with Crippen molar-refractivity contribution in [2.24, 2.45) is 0 Å². The second kappa shape index (κ2) is 4.61. The number of hydrogen-bond donors (Lipinski definition) is 0. The highest BCUT2D eigenvalue weighted by atomic mass is 14.3. The monoisotopic (exact) mass is 236 g/mol. The van der Waals surface area contributed by atoms with Crippen molar-refractivity contribution in [1.82, 2.24) is 0 Å². The van der Waals surface area contributed by atoms with E-state index in [4.69, 9.17) is 0 Å². The number of aryl methyl sites for hydroxylation is 3. The predicted molar refractivity (Wildman–Crippen MR) is 77.1 cm³/mol. The first-order valence-corrected chi connectivity index (χ1v) is 6.90. The minimum absolute atomic E-state index is 0.606. The standard InChI is InChI=1S/C18H20/c1-13-11-16-9-6-10-17(18(16)12-14(13)2)15-7-4-3-5-8-15/h3-5,7-8,11-12,17H,6,9-10H2,1-2H3. The molecule has 0 saturated carbocycles. The van der Waals surface area contributed by atoms with Gasteiger partial charge in [0.05, 0.1) is 0 Å². The van der Waals surface area contributed by atoms with E-state index < -0.39 is 0 Å². The van der Waals surface area contributed by atoms with Crippen molar-refractivity contribution in [2.75, 3.05) is 0 Å². The lowest BCUT2D eigenvalue weighted by Crippen LogP contribution is -2.11. The quantitative estimate of drug-likeness (QED) is 0.669. The summed E-state index contributed by atoms with van der Waals surface area (Å²) in [7, 11) is 0. The normalized spacial score (nSPS) is 18.4. The molecule has 0 N–H and O–H groups in total. The molecule has 0 nitrogen and oxygen atoms in total. The van der Waals surface area contributed by atoms with E-state index >= 15 is 0 Å². The van der Waals surface area contributed by atoms with Crippen LogP contribution in [0.2, 0.25) is 0 Å². The summed E-state index contributed by atoms with van der Waals surface area (Å²) < 4.78 is 0. The third-order valence-electron chi connectivity index (χ3n) is 4.27. The summed E-state index contributed by atoms with van der Waals surface area (Å²) in [4.78, 5) is 0. The predicted octanol–water partition coefficient (Wildman–Crippen LogP) is 4.77. The van der Waals surface area contributed by atoms with Crippen LogP contribution in [-0.4, -0.2) is 0 Å². The van der Waals surface area contributed by atoms with Crippen LogP contribution in [-0.2, 0) is 6.42 Å². The summed E-state index contributed by atoms with van der Waals surface area (Å²) in [5.74, 6) is 0.606. The van der Waals surface area contributed by atoms with Crippen LogP contribution in [0.15, 0.2) is 42.5 Å². The first kappa shape index (κ1) is 11.5. The number of fused-ring (bicyclic) bond motifs is 1. The zero-order valence-corrected chi connectivity index (χ0v) is 11.2. The van der Waals surface area contributed by atoms with E-state index in [1.807, 2.05) is 0 Å². The molecule has 0 heterocycles. The SMILES string of the molecule is Cc1cc2c(cc1C)C(c1ccccc1)CCC2. The second-order valence-electron chi connectivity index (χ2n) is 5.49. The summed E-state index contributed by atoms with van der Waals surface area (Å²) in [6.07, 6.45) is 3.86. The van der Waals surface area contributed by atoms with E-state index in [1.165, 1.54) is 36.0 Å². The van der Waals surface area contributed by atoms with Crippen molar-refractivity contribution >= 4 is 0 Å². The Morgan fingerprint density at radius 3 is 2.44 bits per heavy atom. The first-order chi connectivity index (χ1) is 8.75. The molecular weight excluding hydrogens is 216 g/mol. The molecule has 0 spiro atoms. The molecule has 2 aromatic rings. The highest BCUT2D eigenvalue weighted by Crippen LogP contribution is 2.37. The van der Waals surface area contributed by atoms with Gasteiger partial charge in [0.25, 0.3) is 0 Å². The number of rotatable bonds is 1. The molecule has 18 heavy (non-hydrogen) atoms. The van der Waals surface area contributed by atoms with Gasteiger partial charge in [-0.1, -0.05) is 42.5 Å².